The second-order valence-corrected chi connectivity index (χ2v) is 3.73. The summed E-state index contributed by atoms with van der Waals surface area (Å²) in [5.41, 5.74) is 8.37. The topological polar surface area (TPSA) is 90.6 Å². The molecule has 0 saturated carbocycles. The summed E-state index contributed by atoms with van der Waals surface area (Å²) in [6.07, 6.45) is 2.36. The Morgan fingerprint density at radius 3 is 2.93 bits per heavy atom. The zero-order valence-electron chi connectivity index (χ0n) is 8.91. The summed E-state index contributed by atoms with van der Waals surface area (Å²) >= 11 is 0. The molecule has 0 aromatic carbocycles. The minimum Gasteiger partial charge on any atom is -0.480 e. The first-order valence-corrected chi connectivity index (χ1v) is 5.38. The van der Waals surface area contributed by atoms with E-state index in [1.165, 1.54) is 0 Å². The van der Waals surface area contributed by atoms with Gasteiger partial charge in [-0.15, -0.1) is 0 Å². The van der Waals surface area contributed by atoms with Gasteiger partial charge in [-0.25, -0.2) is 10.4 Å². The van der Waals surface area contributed by atoms with Gasteiger partial charge in [-0.05, 0) is 25.8 Å². The van der Waals surface area contributed by atoms with E-state index in [-0.39, 0.29) is 0 Å². The highest BCUT2D eigenvalue weighted by atomic mass is 16.4. The summed E-state index contributed by atoms with van der Waals surface area (Å²) in [5, 5.41) is 14.0. The molecule has 5 N–H and O–H groups in total. The van der Waals surface area contributed by atoms with E-state index >= 15 is 0 Å². The number of rotatable bonds is 7. The minimum atomic E-state index is -0.793. The van der Waals surface area contributed by atoms with Crippen LogP contribution in [0.5, 0.6) is 0 Å². The van der Waals surface area contributed by atoms with Crippen molar-refractivity contribution in [1.29, 1.82) is 0 Å². The van der Waals surface area contributed by atoms with Crippen LogP contribution in [0.1, 0.15) is 19.3 Å². The normalized spacial score (nSPS) is 19.3. The van der Waals surface area contributed by atoms with Crippen LogP contribution in [0.3, 0.4) is 0 Å². The maximum atomic E-state index is 10.9. The van der Waals surface area contributed by atoms with E-state index in [1.807, 2.05) is 5.01 Å². The van der Waals surface area contributed by atoms with Crippen molar-refractivity contribution in [2.75, 3.05) is 26.3 Å². The molecule has 0 aliphatic carbocycles. The lowest BCUT2D eigenvalue weighted by molar-refractivity contribution is -0.141. The lowest BCUT2D eigenvalue weighted by atomic mass is 10.1. The Labute approximate surface area is 89.8 Å². The summed E-state index contributed by atoms with van der Waals surface area (Å²) in [6, 6.07) is -0.489. The maximum Gasteiger partial charge on any atom is 0.322 e. The van der Waals surface area contributed by atoms with E-state index in [2.05, 4.69) is 10.7 Å². The SMILES string of the molecule is NCCCC[C@H](NN1CCNC1)C(=O)O. The fourth-order valence-corrected chi connectivity index (χ4v) is 1.57. The molecule has 0 spiro atoms. The van der Waals surface area contributed by atoms with E-state index in [4.69, 9.17) is 10.8 Å². The molecule has 1 rings (SSSR count). The molecule has 1 fully saturated rings. The van der Waals surface area contributed by atoms with Gasteiger partial charge in [-0.2, -0.15) is 0 Å². The van der Waals surface area contributed by atoms with Gasteiger partial charge < -0.3 is 16.2 Å². The van der Waals surface area contributed by atoms with E-state index in [0.29, 0.717) is 19.6 Å². The molecule has 0 amide bonds. The van der Waals surface area contributed by atoms with E-state index in [9.17, 15) is 4.79 Å². The highest BCUT2D eigenvalue weighted by Gasteiger charge is 2.21. The molecule has 1 aliphatic heterocycles. The zero-order valence-corrected chi connectivity index (χ0v) is 8.91. The summed E-state index contributed by atoms with van der Waals surface area (Å²) in [6.45, 7) is 3.08. The molecule has 1 saturated heterocycles. The molecule has 6 nitrogen and oxygen atoms in total. The van der Waals surface area contributed by atoms with Crippen molar-refractivity contribution < 1.29 is 9.90 Å². The quantitative estimate of drug-likeness (QED) is 0.405. The predicted molar refractivity (Wildman–Crippen MR) is 57.0 cm³/mol. The van der Waals surface area contributed by atoms with Crippen molar-refractivity contribution in [3.8, 4) is 0 Å². The third-order valence-electron chi connectivity index (χ3n) is 2.44. The van der Waals surface area contributed by atoms with Gasteiger partial charge in [0.25, 0.3) is 0 Å². The van der Waals surface area contributed by atoms with Gasteiger partial charge in [0.05, 0.1) is 6.67 Å². The van der Waals surface area contributed by atoms with Gasteiger partial charge in [0, 0.05) is 13.1 Å². The lowest BCUT2D eigenvalue weighted by Gasteiger charge is -2.21. The number of carboxylic acid groups (broad SMARTS) is 1. The molecule has 15 heavy (non-hydrogen) atoms. The third kappa shape index (κ3) is 4.57. The number of carboxylic acids is 1. The van der Waals surface area contributed by atoms with Crippen LogP contribution in [-0.2, 0) is 4.79 Å². The standard InChI is InChI=1S/C9H20N4O2/c10-4-2-1-3-8(9(14)15)12-13-6-5-11-7-13/h8,11-12H,1-7,10H2,(H,14,15)/t8-/m0/s1. The van der Waals surface area contributed by atoms with Crippen molar-refractivity contribution in [1.82, 2.24) is 15.8 Å². The number of nitrogens with two attached hydrogens (primary N) is 1. The fraction of sp³-hybridized carbons (Fsp3) is 0.889. The third-order valence-corrected chi connectivity index (χ3v) is 2.44. The smallest absolute Gasteiger partial charge is 0.322 e. The molecule has 0 aromatic rings. The predicted octanol–water partition coefficient (Wildman–Crippen LogP) is -1.06. The maximum absolute atomic E-state index is 10.9. The van der Waals surface area contributed by atoms with Crippen molar-refractivity contribution in [2.24, 2.45) is 5.73 Å². The average Bonchev–Trinajstić information content (AvgIpc) is 2.69. The van der Waals surface area contributed by atoms with Crippen molar-refractivity contribution in [3.63, 3.8) is 0 Å². The van der Waals surface area contributed by atoms with E-state index in [1.54, 1.807) is 0 Å². The van der Waals surface area contributed by atoms with Gasteiger partial charge in [0.2, 0.25) is 0 Å². The first-order valence-electron chi connectivity index (χ1n) is 5.38. The van der Waals surface area contributed by atoms with Gasteiger partial charge >= 0.3 is 5.97 Å². The fourth-order valence-electron chi connectivity index (χ4n) is 1.57. The van der Waals surface area contributed by atoms with Crippen LogP contribution in [0.2, 0.25) is 0 Å². The summed E-state index contributed by atoms with van der Waals surface area (Å²) < 4.78 is 0. The molecule has 0 bridgehead atoms. The minimum absolute atomic E-state index is 0.489. The first kappa shape index (κ1) is 12.4. The van der Waals surface area contributed by atoms with Gasteiger partial charge in [0.15, 0.2) is 0 Å². The summed E-state index contributed by atoms with van der Waals surface area (Å²) in [5.74, 6) is -0.793. The van der Waals surface area contributed by atoms with E-state index < -0.39 is 12.0 Å². The Hall–Kier alpha value is -0.690. The van der Waals surface area contributed by atoms with Crippen molar-refractivity contribution >= 4 is 5.97 Å². The molecule has 0 aromatic heterocycles. The highest BCUT2D eigenvalue weighted by Crippen LogP contribution is 2.02. The number of hydrogen-bond donors (Lipinski definition) is 4. The number of unbranched alkanes of at least 4 members (excludes halogenated alkanes) is 1. The van der Waals surface area contributed by atoms with Crippen LogP contribution in [-0.4, -0.2) is 48.4 Å². The van der Waals surface area contributed by atoms with Crippen LogP contribution in [0.25, 0.3) is 0 Å². The van der Waals surface area contributed by atoms with Crippen LogP contribution in [0.4, 0.5) is 0 Å². The van der Waals surface area contributed by atoms with E-state index in [0.717, 1.165) is 25.9 Å². The lowest BCUT2D eigenvalue weighted by Crippen LogP contribution is -2.47. The van der Waals surface area contributed by atoms with Crippen molar-refractivity contribution in [3.05, 3.63) is 0 Å². The molecule has 1 heterocycles. The molecular weight excluding hydrogens is 196 g/mol. The number of aliphatic carboxylic acids is 1. The Balaban J connectivity index is 2.26. The van der Waals surface area contributed by atoms with Gasteiger partial charge in [-0.3, -0.25) is 4.79 Å². The first-order chi connectivity index (χ1) is 7.24. The number of hydrogen-bond acceptors (Lipinski definition) is 5. The molecule has 88 valence electrons. The highest BCUT2D eigenvalue weighted by molar-refractivity contribution is 5.73. The summed E-state index contributed by atoms with van der Waals surface area (Å²) in [7, 11) is 0. The number of carbonyl (C=O) groups is 1. The average molecular weight is 216 g/mol. The molecule has 0 radical (unpaired) electrons. The molecule has 1 atom stereocenters. The zero-order chi connectivity index (χ0) is 11.1. The van der Waals surface area contributed by atoms with Crippen LogP contribution in [0.15, 0.2) is 0 Å². The van der Waals surface area contributed by atoms with Crippen LogP contribution >= 0.6 is 0 Å². The van der Waals surface area contributed by atoms with Crippen molar-refractivity contribution in [2.45, 2.75) is 25.3 Å². The monoisotopic (exact) mass is 216 g/mol. The molecule has 1 aliphatic rings. The Morgan fingerprint density at radius 1 is 1.60 bits per heavy atom. The Kier molecular flexibility index (Phi) is 5.56. The number of hydrazine groups is 1. The van der Waals surface area contributed by atoms with Crippen LogP contribution < -0.4 is 16.5 Å². The Morgan fingerprint density at radius 2 is 2.40 bits per heavy atom. The van der Waals surface area contributed by atoms with Gasteiger partial charge in [0.1, 0.15) is 6.04 Å². The van der Waals surface area contributed by atoms with Crippen LogP contribution in [0, 0.1) is 0 Å². The largest absolute Gasteiger partial charge is 0.480 e. The Bertz CT molecular complexity index is 195. The second kappa shape index (κ2) is 6.73. The number of nitrogens with zero attached hydrogens (tertiary/aromatic N) is 1. The molecule has 0 unspecified atom stereocenters. The van der Waals surface area contributed by atoms with Gasteiger partial charge in [-0.1, -0.05) is 0 Å². The number of nitrogens with one attached hydrogen (secondary N) is 2. The molecule has 6 heteroatoms. The second-order valence-electron chi connectivity index (χ2n) is 3.73. The summed E-state index contributed by atoms with van der Waals surface area (Å²) in [4.78, 5) is 10.9. The molecular formula is C9H20N4O2.